The Morgan fingerprint density at radius 1 is 1.04 bits per heavy atom. The van der Waals surface area contributed by atoms with Gasteiger partial charge in [-0.1, -0.05) is 67.0 Å². The molecule has 0 saturated heterocycles. The fourth-order valence-electron chi connectivity index (χ4n) is 5.26. The summed E-state index contributed by atoms with van der Waals surface area (Å²) >= 11 is 12.6. The summed E-state index contributed by atoms with van der Waals surface area (Å²) in [4.78, 5) is 17.1. The number of fused-ring (bicyclic) bond motifs is 1. The van der Waals surface area contributed by atoms with Crippen molar-refractivity contribution in [1.29, 1.82) is 0 Å². The molecule has 0 fully saturated rings. The predicted molar refractivity (Wildman–Crippen MR) is 177 cm³/mol. The lowest BCUT2D eigenvalue weighted by Gasteiger charge is -2.26. The summed E-state index contributed by atoms with van der Waals surface area (Å²) in [6, 6.07) is 16.0. The monoisotopic (exact) mass is 665 g/mol. The molecule has 2 heterocycles. The molecule has 1 amide bonds. The number of aromatic nitrogens is 3. The van der Waals surface area contributed by atoms with Crippen LogP contribution in [0.3, 0.4) is 0 Å². The zero-order valence-corrected chi connectivity index (χ0v) is 27.0. The van der Waals surface area contributed by atoms with E-state index in [0.717, 1.165) is 35.5 Å². The summed E-state index contributed by atoms with van der Waals surface area (Å²) in [7, 11) is 0. The Bertz CT molecular complexity index is 1960. The van der Waals surface area contributed by atoms with Crippen molar-refractivity contribution in [2.75, 3.05) is 6.54 Å². The molecule has 0 saturated carbocycles. The normalized spacial score (nSPS) is 12.3. The maximum Gasteiger partial charge on any atom is 0.227 e. The molecule has 3 aromatic carbocycles. The number of pyridine rings is 1. The van der Waals surface area contributed by atoms with Gasteiger partial charge in [0.25, 0.3) is 0 Å². The molecule has 0 aliphatic rings. The SMILES string of the molecule is C=C(NCC(c1ccccc1)c1cc(C(C)(C)C(N)=O)c(F)c(-c2cc(Cl)c(F)cc2F)n1)c1cc(Cl)c2nn(CCC)cc2c1. The number of nitrogens with two attached hydrogens (primary N) is 1. The molecule has 0 bridgehead atoms. The van der Waals surface area contributed by atoms with E-state index in [1.54, 1.807) is 6.07 Å². The number of amides is 1. The van der Waals surface area contributed by atoms with E-state index in [1.807, 2.05) is 47.3 Å². The van der Waals surface area contributed by atoms with Crippen LogP contribution >= 0.6 is 23.2 Å². The summed E-state index contributed by atoms with van der Waals surface area (Å²) in [6.45, 7) is 10.2. The minimum absolute atomic E-state index is 0.0964. The van der Waals surface area contributed by atoms with Crippen LogP contribution in [-0.2, 0) is 16.8 Å². The third kappa shape index (κ3) is 6.48. The molecule has 0 aliphatic carbocycles. The first-order valence-electron chi connectivity index (χ1n) is 14.6. The van der Waals surface area contributed by atoms with Crippen LogP contribution in [-0.4, -0.2) is 27.2 Å². The van der Waals surface area contributed by atoms with Gasteiger partial charge in [0, 0.05) is 53.5 Å². The molecule has 11 heteroatoms. The standard InChI is InChI=1S/C35H32Cl2F3N5O/c1-5-11-45-18-22-12-21(13-27(37)32(22)44-45)19(2)42-17-24(20-9-7-6-8-10-20)30-15-25(35(3,4)34(41)46)31(40)33(43-30)23-14-26(36)29(39)16-28(23)38/h6-10,12-16,18,24,42H,2,5,11,17H2,1,3-4H3,(H2,41,46). The average molecular weight is 667 g/mol. The van der Waals surface area contributed by atoms with Crippen LogP contribution in [0.25, 0.3) is 27.9 Å². The predicted octanol–water partition coefficient (Wildman–Crippen LogP) is 8.39. The molecule has 0 spiro atoms. The molecular formula is C35H32Cl2F3N5O. The fourth-order valence-corrected chi connectivity index (χ4v) is 5.69. The Kier molecular flexibility index (Phi) is 9.47. The second kappa shape index (κ2) is 13.2. The van der Waals surface area contributed by atoms with E-state index in [9.17, 15) is 9.18 Å². The lowest BCUT2D eigenvalue weighted by atomic mass is 9.81. The van der Waals surface area contributed by atoms with Crippen LogP contribution in [0.5, 0.6) is 0 Å². The van der Waals surface area contributed by atoms with Gasteiger partial charge < -0.3 is 11.1 Å². The molecule has 1 unspecified atom stereocenters. The number of nitrogens with zero attached hydrogens (tertiary/aromatic N) is 3. The van der Waals surface area contributed by atoms with Crippen LogP contribution in [0.2, 0.25) is 10.0 Å². The van der Waals surface area contributed by atoms with Crippen molar-refractivity contribution in [1.82, 2.24) is 20.1 Å². The van der Waals surface area contributed by atoms with E-state index in [1.165, 1.54) is 19.9 Å². The average Bonchev–Trinajstić information content (AvgIpc) is 3.43. The highest BCUT2D eigenvalue weighted by Crippen LogP contribution is 2.37. The highest BCUT2D eigenvalue weighted by atomic mass is 35.5. The molecule has 2 aromatic heterocycles. The topological polar surface area (TPSA) is 85.8 Å². The van der Waals surface area contributed by atoms with Gasteiger partial charge in [0.2, 0.25) is 5.91 Å². The van der Waals surface area contributed by atoms with Crippen molar-refractivity contribution in [3.63, 3.8) is 0 Å². The highest BCUT2D eigenvalue weighted by molar-refractivity contribution is 6.35. The Labute approximate surface area is 275 Å². The molecule has 0 aliphatic heterocycles. The molecule has 1 atom stereocenters. The summed E-state index contributed by atoms with van der Waals surface area (Å²) in [5, 5.41) is 8.84. The van der Waals surface area contributed by atoms with Crippen molar-refractivity contribution in [3.8, 4) is 11.3 Å². The zero-order chi connectivity index (χ0) is 33.3. The van der Waals surface area contributed by atoms with Crippen LogP contribution in [0, 0.1) is 17.5 Å². The summed E-state index contributed by atoms with van der Waals surface area (Å²) in [6.07, 6.45) is 2.85. The lowest BCUT2D eigenvalue weighted by molar-refractivity contribution is -0.122. The third-order valence-electron chi connectivity index (χ3n) is 8.02. The second-order valence-corrected chi connectivity index (χ2v) is 12.4. The fraction of sp³-hybridized carbons (Fsp3) is 0.229. The van der Waals surface area contributed by atoms with E-state index < -0.39 is 45.4 Å². The van der Waals surface area contributed by atoms with Crippen LogP contribution in [0.4, 0.5) is 13.2 Å². The van der Waals surface area contributed by atoms with Crippen molar-refractivity contribution in [3.05, 3.63) is 123 Å². The number of hydrogen-bond acceptors (Lipinski definition) is 4. The van der Waals surface area contributed by atoms with E-state index in [2.05, 4.69) is 28.9 Å². The zero-order valence-electron chi connectivity index (χ0n) is 25.5. The molecule has 6 nitrogen and oxygen atoms in total. The minimum atomic E-state index is -1.51. The van der Waals surface area contributed by atoms with Gasteiger partial charge >= 0.3 is 0 Å². The minimum Gasteiger partial charge on any atom is -0.384 e. The van der Waals surface area contributed by atoms with Gasteiger partial charge in [-0.25, -0.2) is 18.2 Å². The molecule has 46 heavy (non-hydrogen) atoms. The molecule has 5 aromatic rings. The molecule has 238 valence electrons. The number of benzene rings is 3. The Morgan fingerprint density at radius 2 is 1.76 bits per heavy atom. The quantitative estimate of drug-likeness (QED) is 0.139. The first-order valence-corrected chi connectivity index (χ1v) is 15.4. The molecule has 0 radical (unpaired) electrons. The van der Waals surface area contributed by atoms with E-state index in [-0.39, 0.29) is 17.7 Å². The van der Waals surface area contributed by atoms with Crippen LogP contribution in [0.1, 0.15) is 55.5 Å². The smallest absolute Gasteiger partial charge is 0.227 e. The van der Waals surface area contributed by atoms with Gasteiger partial charge in [-0.15, -0.1) is 0 Å². The Hall–Kier alpha value is -4.34. The van der Waals surface area contributed by atoms with Gasteiger partial charge in [-0.3, -0.25) is 9.48 Å². The molecule has 5 rings (SSSR count). The third-order valence-corrected chi connectivity index (χ3v) is 8.60. The van der Waals surface area contributed by atoms with E-state index >= 15 is 8.78 Å². The number of halogens is 5. The van der Waals surface area contributed by atoms with Gasteiger partial charge in [0.05, 0.1) is 21.2 Å². The summed E-state index contributed by atoms with van der Waals surface area (Å²) < 4.78 is 47.2. The maximum atomic E-state index is 16.2. The summed E-state index contributed by atoms with van der Waals surface area (Å²) in [5.74, 6) is -4.39. The summed E-state index contributed by atoms with van der Waals surface area (Å²) in [5.41, 5.74) is 6.39. The number of carbonyl (C=O) groups excluding carboxylic acids is 1. The Balaban J connectivity index is 1.60. The van der Waals surface area contributed by atoms with Gasteiger partial charge in [-0.2, -0.15) is 5.10 Å². The largest absolute Gasteiger partial charge is 0.384 e. The van der Waals surface area contributed by atoms with Crippen LogP contribution < -0.4 is 11.1 Å². The number of aryl methyl sites for hydroxylation is 1. The van der Waals surface area contributed by atoms with Gasteiger partial charge in [0.1, 0.15) is 22.8 Å². The van der Waals surface area contributed by atoms with Crippen LogP contribution in [0.15, 0.2) is 73.4 Å². The Morgan fingerprint density at radius 3 is 2.43 bits per heavy atom. The van der Waals surface area contributed by atoms with Crippen molar-refractivity contribution in [2.45, 2.75) is 45.1 Å². The van der Waals surface area contributed by atoms with Crippen molar-refractivity contribution in [2.24, 2.45) is 5.73 Å². The highest BCUT2D eigenvalue weighted by Gasteiger charge is 2.34. The van der Waals surface area contributed by atoms with Crippen molar-refractivity contribution >= 4 is 45.7 Å². The second-order valence-electron chi connectivity index (χ2n) is 11.6. The first kappa shape index (κ1) is 33.0. The number of carbonyl (C=O) groups is 1. The van der Waals surface area contributed by atoms with Gasteiger partial charge in [0.15, 0.2) is 5.82 Å². The van der Waals surface area contributed by atoms with Gasteiger partial charge in [-0.05, 0) is 55.7 Å². The maximum absolute atomic E-state index is 16.2. The number of rotatable bonds is 11. The van der Waals surface area contributed by atoms with E-state index in [4.69, 9.17) is 28.9 Å². The molecule has 3 N–H and O–H groups in total. The number of nitrogens with one attached hydrogen (secondary N) is 1. The van der Waals surface area contributed by atoms with E-state index in [0.29, 0.717) is 28.0 Å². The number of hydrogen-bond donors (Lipinski definition) is 2. The van der Waals surface area contributed by atoms with Crippen molar-refractivity contribution < 1.29 is 18.0 Å². The lowest BCUT2D eigenvalue weighted by Crippen LogP contribution is -2.37. The molecular weight excluding hydrogens is 634 g/mol. The first-order chi connectivity index (χ1) is 21.8. The number of primary amides is 1.